The predicted molar refractivity (Wildman–Crippen MR) is 283 cm³/mol. The number of nitrogens with zero attached hydrogens (tertiary/aromatic N) is 6. The Morgan fingerprint density at radius 1 is 0.716 bits per heavy atom. The van der Waals surface area contributed by atoms with Crippen molar-refractivity contribution in [3.8, 4) is 23.0 Å². The largest absolute Gasteiger partial charge is 0.505 e. The third-order valence-corrected chi connectivity index (χ3v) is 12.4. The van der Waals surface area contributed by atoms with Crippen LogP contribution in [0.5, 0.6) is 23.0 Å². The van der Waals surface area contributed by atoms with Crippen LogP contribution < -0.4 is 41.3 Å². The minimum Gasteiger partial charge on any atom is -0.505 e. The average Bonchev–Trinajstić information content (AvgIpc) is 3.81. The van der Waals surface area contributed by atoms with E-state index < -0.39 is 80.6 Å². The van der Waals surface area contributed by atoms with E-state index in [1.165, 1.54) is 50.6 Å². The van der Waals surface area contributed by atoms with Gasteiger partial charge in [-0.15, -0.1) is 10.2 Å². The zero-order valence-corrected chi connectivity index (χ0v) is 43.6. The molecule has 23 nitrogen and oxygen atoms in total. The second-order valence-electron chi connectivity index (χ2n) is 18.7. The smallest absolute Gasteiger partial charge is 0.373 e. The van der Waals surface area contributed by atoms with E-state index in [0.717, 1.165) is 27.1 Å². The van der Waals surface area contributed by atoms with Crippen LogP contribution in [-0.4, -0.2) is 94.9 Å². The summed E-state index contributed by atoms with van der Waals surface area (Å²) in [5.41, 5.74) is -0.529. The first-order valence-corrected chi connectivity index (χ1v) is 24.6. The molecule has 5 N–H and O–H groups in total. The predicted octanol–water partition coefficient (Wildman–Crippen LogP) is 5.56. The van der Waals surface area contributed by atoms with Crippen LogP contribution in [0.4, 0.5) is 8.78 Å². The number of hydrogen-bond acceptors (Lipinski definition) is 17. The first-order chi connectivity index (χ1) is 38.7. The maximum Gasteiger partial charge on any atom is 0.373 e. The summed E-state index contributed by atoms with van der Waals surface area (Å²) in [5, 5.41) is 35.4. The molecule has 0 radical (unpaired) electrons. The lowest BCUT2D eigenvalue weighted by Crippen LogP contribution is -2.52. The van der Waals surface area contributed by atoms with Gasteiger partial charge in [0, 0.05) is 56.9 Å². The van der Waals surface area contributed by atoms with Crippen molar-refractivity contribution in [1.29, 1.82) is 0 Å². The lowest BCUT2D eigenvalue weighted by atomic mass is 10.0. The summed E-state index contributed by atoms with van der Waals surface area (Å²) < 4.78 is 56.9. The Kier molecular flexibility index (Phi) is 15.5. The molecule has 3 aromatic carbocycles. The number of rotatable bonds is 16. The zero-order valence-electron chi connectivity index (χ0n) is 43.6. The number of ether oxygens (including phenoxy) is 4. The van der Waals surface area contributed by atoms with Crippen molar-refractivity contribution < 1.29 is 66.3 Å². The summed E-state index contributed by atoms with van der Waals surface area (Å²) in [7, 11) is 1.30. The van der Waals surface area contributed by atoms with Crippen LogP contribution in [0.15, 0.2) is 117 Å². The molecule has 2 aliphatic rings. The molecule has 5 aromatic heterocycles. The molecule has 414 valence electrons. The summed E-state index contributed by atoms with van der Waals surface area (Å²) in [6.45, 7) is 6.38. The van der Waals surface area contributed by atoms with Gasteiger partial charge in [-0.1, -0.05) is 54.6 Å². The van der Waals surface area contributed by atoms with Gasteiger partial charge in [0.25, 0.3) is 22.9 Å². The number of carboxylic acids is 1. The molecule has 2 aliphatic heterocycles. The van der Waals surface area contributed by atoms with E-state index in [-0.39, 0.29) is 89.5 Å². The van der Waals surface area contributed by atoms with Gasteiger partial charge in [-0.25, -0.2) is 18.4 Å². The molecule has 25 heteroatoms. The fourth-order valence-corrected chi connectivity index (χ4v) is 8.56. The molecule has 10 rings (SSSR count). The zero-order chi connectivity index (χ0) is 57.9. The third-order valence-electron chi connectivity index (χ3n) is 12.4. The SMILES string of the molecule is CCOC(=O)c1c(OCc2ccccc2)c2ncc(Cc3ccc(F)cc3)c3c2n(c1=O)C=C(C(=O)O)O3.CNC(=O)c1c(O)c2ncc(Cc3ccc(F)cc3)c3c2n(c1=O)C=C(C(=O)NCC(C)(C)NC(=O)c1nnc(C)o1)O3. The van der Waals surface area contributed by atoms with Gasteiger partial charge in [0.05, 0.1) is 24.5 Å². The second-order valence-corrected chi connectivity index (χ2v) is 18.7. The maximum atomic E-state index is 13.6. The quantitative estimate of drug-likeness (QED) is 0.0740. The maximum absolute atomic E-state index is 13.6. The van der Waals surface area contributed by atoms with Crippen molar-refractivity contribution in [1.82, 2.24) is 45.2 Å². The lowest BCUT2D eigenvalue weighted by molar-refractivity contribution is -0.135. The molecule has 0 fully saturated rings. The summed E-state index contributed by atoms with van der Waals surface area (Å²) in [5.74, 6) is -6.93. The Balaban J connectivity index is 0.000000197. The van der Waals surface area contributed by atoms with Gasteiger partial charge in [-0.2, -0.15) is 0 Å². The Morgan fingerprint density at radius 2 is 1.27 bits per heavy atom. The van der Waals surface area contributed by atoms with E-state index in [4.69, 9.17) is 23.4 Å². The van der Waals surface area contributed by atoms with Gasteiger partial charge in [-0.05, 0) is 61.7 Å². The number of aryl methyl sites for hydroxylation is 1. The van der Waals surface area contributed by atoms with E-state index in [1.807, 2.05) is 30.3 Å². The number of benzene rings is 3. The Labute approximate surface area is 456 Å². The van der Waals surface area contributed by atoms with E-state index in [9.17, 15) is 52.6 Å². The van der Waals surface area contributed by atoms with Crippen LogP contribution in [0.25, 0.3) is 34.5 Å². The van der Waals surface area contributed by atoms with Gasteiger partial charge in [0.15, 0.2) is 28.6 Å². The molecule has 8 aromatic rings. The van der Waals surface area contributed by atoms with Crippen LogP contribution in [0.1, 0.15) is 85.9 Å². The van der Waals surface area contributed by atoms with Crippen LogP contribution in [-0.2, 0) is 33.8 Å². The van der Waals surface area contributed by atoms with E-state index in [2.05, 4.69) is 36.1 Å². The number of aliphatic carboxylic acids is 1. The van der Waals surface area contributed by atoms with Gasteiger partial charge in [0.2, 0.25) is 17.4 Å². The highest BCUT2D eigenvalue weighted by molar-refractivity contribution is 6.05. The molecule has 0 unspecified atom stereocenters. The highest BCUT2D eigenvalue weighted by Gasteiger charge is 2.34. The molecule has 0 spiro atoms. The van der Waals surface area contributed by atoms with Gasteiger partial charge in [-0.3, -0.25) is 43.1 Å². The number of carboxylic acid groups (broad SMARTS) is 1. The van der Waals surface area contributed by atoms with Crippen LogP contribution >= 0.6 is 0 Å². The number of esters is 1. The normalized spacial score (nSPS) is 12.2. The van der Waals surface area contributed by atoms with Crippen LogP contribution in [0.3, 0.4) is 0 Å². The topological polar surface area (TPSA) is 308 Å². The number of pyridine rings is 4. The number of carbonyl (C=O) groups excluding carboxylic acids is 4. The van der Waals surface area contributed by atoms with Crippen molar-refractivity contribution in [3.05, 3.63) is 186 Å². The van der Waals surface area contributed by atoms with Crippen molar-refractivity contribution >= 4 is 64.1 Å². The number of aromatic hydroxyl groups is 1. The van der Waals surface area contributed by atoms with Crippen molar-refractivity contribution in [2.24, 2.45) is 0 Å². The van der Waals surface area contributed by atoms with E-state index in [0.29, 0.717) is 22.3 Å². The molecular formula is C56H47F2N9O14. The number of nitrogens with one attached hydrogen (secondary N) is 3. The minimum absolute atomic E-state index is 0.00302. The van der Waals surface area contributed by atoms with Crippen LogP contribution in [0, 0.1) is 18.6 Å². The summed E-state index contributed by atoms with van der Waals surface area (Å²) in [6, 6.07) is 20.6. The third kappa shape index (κ3) is 11.5. The molecular weight excluding hydrogens is 1060 g/mol. The molecule has 0 aliphatic carbocycles. The Bertz CT molecular complexity index is 4040. The van der Waals surface area contributed by atoms with Crippen LogP contribution in [0.2, 0.25) is 0 Å². The lowest BCUT2D eigenvalue weighted by Gasteiger charge is -2.27. The molecule has 0 saturated carbocycles. The number of hydrogen-bond donors (Lipinski definition) is 5. The second kappa shape index (κ2) is 22.8. The average molecular weight is 1110 g/mol. The molecule has 0 atom stereocenters. The highest BCUT2D eigenvalue weighted by atomic mass is 19.1. The van der Waals surface area contributed by atoms with Gasteiger partial charge >= 0.3 is 23.7 Å². The number of aromatic nitrogens is 6. The van der Waals surface area contributed by atoms with Crippen molar-refractivity contribution in [2.45, 2.75) is 52.7 Å². The summed E-state index contributed by atoms with van der Waals surface area (Å²) in [6.07, 6.45) is 5.29. The first kappa shape index (κ1) is 55.2. The molecule has 81 heavy (non-hydrogen) atoms. The van der Waals surface area contributed by atoms with Crippen molar-refractivity contribution in [2.75, 3.05) is 20.2 Å². The Morgan fingerprint density at radius 3 is 1.83 bits per heavy atom. The Hall–Kier alpha value is -10.6. The summed E-state index contributed by atoms with van der Waals surface area (Å²) >= 11 is 0. The number of carbonyl (C=O) groups is 5. The highest BCUT2D eigenvalue weighted by Crippen LogP contribution is 2.40. The molecule has 3 amide bonds. The van der Waals surface area contributed by atoms with Gasteiger partial charge < -0.3 is 49.5 Å². The monoisotopic (exact) mass is 1110 g/mol. The standard InChI is InChI=1S/C28H26FN7O7.C28H21FN2O7/c1-13-34-35-26(42-13)25(40)33-28(2,3)12-32-23(38)17-11-36-20-19(21(37)18(27(36)41)24(39)30-4)31-10-15(22(20)43-17)9-14-5-7-16(29)8-6-14;1-2-36-28(35)21-25(37-15-17-6-4-3-5-7-17)22-23-24(38-20(27(33)34)14-31(23)26(21)32)18(13-30-22)12-16-8-10-19(29)11-9-16/h5-8,10-11,37H,9,12H2,1-4H3,(H,30,39)(H,32,38)(H,33,40);3-11,13-14H,2,12,15H2,1H3,(H,33,34). The van der Waals surface area contributed by atoms with E-state index in [1.54, 1.807) is 45.0 Å². The number of amides is 3. The molecule has 7 heterocycles. The first-order valence-electron chi connectivity index (χ1n) is 24.6. The summed E-state index contributed by atoms with van der Waals surface area (Å²) in [4.78, 5) is 99.0. The fourth-order valence-electron chi connectivity index (χ4n) is 8.56. The van der Waals surface area contributed by atoms with Crippen molar-refractivity contribution in [3.63, 3.8) is 0 Å². The number of halogens is 2. The van der Waals surface area contributed by atoms with Gasteiger partial charge in [0.1, 0.15) is 45.9 Å². The van der Waals surface area contributed by atoms with E-state index >= 15 is 0 Å². The minimum atomic E-state index is -1.41. The molecule has 0 bridgehead atoms. The fraction of sp³-hybridized carbons (Fsp3) is 0.196. The molecule has 0 saturated heterocycles.